The highest BCUT2D eigenvalue weighted by molar-refractivity contribution is 7.09. The standard InChI is InChI=1S/C9H12O.C5H5NO2S/c1-2-9(10)8-6-4-3-5-7-8;7-5(8)3-4-6-1-2-9-4/h3-7,9-10H,2H2,1H3;1-2H,3H2,(H,7,8). The normalized spacial score (nSPS) is 11.3. The maximum absolute atomic E-state index is 10.0. The Kier molecular flexibility index (Phi) is 6.78. The fraction of sp³-hybridized carbons (Fsp3) is 0.286. The van der Waals surface area contributed by atoms with Crippen molar-refractivity contribution in [1.29, 1.82) is 0 Å². The van der Waals surface area contributed by atoms with Crippen molar-refractivity contribution in [2.24, 2.45) is 0 Å². The zero-order valence-corrected chi connectivity index (χ0v) is 11.5. The van der Waals surface area contributed by atoms with Crippen molar-refractivity contribution in [3.05, 3.63) is 52.5 Å². The van der Waals surface area contributed by atoms with Crippen molar-refractivity contribution < 1.29 is 15.0 Å². The van der Waals surface area contributed by atoms with Crippen molar-refractivity contribution in [2.75, 3.05) is 0 Å². The third-order valence-electron chi connectivity index (χ3n) is 2.36. The van der Waals surface area contributed by atoms with Crippen LogP contribution in [0.25, 0.3) is 0 Å². The Labute approximate surface area is 116 Å². The molecule has 0 spiro atoms. The average molecular weight is 279 g/mol. The summed E-state index contributed by atoms with van der Waals surface area (Å²) in [6.45, 7) is 1.97. The smallest absolute Gasteiger partial charge is 0.310 e. The molecule has 1 aromatic carbocycles. The summed E-state index contributed by atoms with van der Waals surface area (Å²) in [6, 6.07) is 9.70. The van der Waals surface area contributed by atoms with Crippen LogP contribution < -0.4 is 0 Å². The molecule has 1 unspecified atom stereocenters. The molecular weight excluding hydrogens is 262 g/mol. The second-order valence-electron chi connectivity index (χ2n) is 3.83. The van der Waals surface area contributed by atoms with Gasteiger partial charge in [-0.25, -0.2) is 4.98 Å². The Bertz CT molecular complexity index is 471. The summed E-state index contributed by atoms with van der Waals surface area (Å²) in [5.41, 5.74) is 1.00. The summed E-state index contributed by atoms with van der Waals surface area (Å²) in [4.78, 5) is 13.8. The van der Waals surface area contributed by atoms with Crippen LogP contribution in [0.5, 0.6) is 0 Å². The monoisotopic (exact) mass is 279 g/mol. The summed E-state index contributed by atoms with van der Waals surface area (Å²) >= 11 is 1.36. The summed E-state index contributed by atoms with van der Waals surface area (Å²) in [7, 11) is 0. The Hall–Kier alpha value is -1.72. The topological polar surface area (TPSA) is 70.4 Å². The molecule has 2 N–H and O–H groups in total. The molecule has 0 aliphatic rings. The van der Waals surface area contributed by atoms with Gasteiger partial charge in [0.1, 0.15) is 5.01 Å². The summed E-state index contributed by atoms with van der Waals surface area (Å²) < 4.78 is 0. The average Bonchev–Trinajstić information content (AvgIpc) is 2.91. The van der Waals surface area contributed by atoms with Crippen molar-refractivity contribution in [3.63, 3.8) is 0 Å². The van der Waals surface area contributed by atoms with Gasteiger partial charge in [-0.1, -0.05) is 37.3 Å². The van der Waals surface area contributed by atoms with Gasteiger partial charge in [0.05, 0.1) is 12.5 Å². The van der Waals surface area contributed by atoms with Gasteiger partial charge in [-0.3, -0.25) is 4.79 Å². The van der Waals surface area contributed by atoms with E-state index in [1.54, 1.807) is 11.6 Å². The highest BCUT2D eigenvalue weighted by Gasteiger charge is 2.01. The van der Waals surface area contributed by atoms with Crippen LogP contribution in [0.1, 0.15) is 30.0 Å². The van der Waals surface area contributed by atoms with Crippen LogP contribution in [0.15, 0.2) is 41.9 Å². The van der Waals surface area contributed by atoms with Gasteiger partial charge in [-0.05, 0) is 12.0 Å². The van der Waals surface area contributed by atoms with E-state index in [9.17, 15) is 9.90 Å². The van der Waals surface area contributed by atoms with Crippen molar-refractivity contribution in [2.45, 2.75) is 25.9 Å². The number of aliphatic hydroxyl groups excluding tert-OH is 1. The molecule has 5 heteroatoms. The molecule has 2 aromatic rings. The van der Waals surface area contributed by atoms with Crippen LogP contribution >= 0.6 is 11.3 Å². The van der Waals surface area contributed by atoms with Crippen molar-refractivity contribution >= 4 is 17.3 Å². The predicted molar refractivity (Wildman–Crippen MR) is 75.1 cm³/mol. The lowest BCUT2D eigenvalue weighted by atomic mass is 10.1. The van der Waals surface area contributed by atoms with Gasteiger partial charge >= 0.3 is 5.97 Å². The number of hydrogen-bond donors (Lipinski definition) is 2. The molecule has 19 heavy (non-hydrogen) atoms. The van der Waals surface area contributed by atoms with Crippen molar-refractivity contribution in [1.82, 2.24) is 4.98 Å². The molecule has 0 fully saturated rings. The van der Waals surface area contributed by atoms with E-state index in [4.69, 9.17) is 5.11 Å². The van der Waals surface area contributed by atoms with Crippen LogP contribution in [0.4, 0.5) is 0 Å². The summed E-state index contributed by atoms with van der Waals surface area (Å²) in [6.07, 6.45) is 2.13. The molecule has 0 bridgehead atoms. The number of aliphatic hydroxyl groups is 1. The first-order valence-electron chi connectivity index (χ1n) is 5.96. The molecule has 102 valence electrons. The number of carbonyl (C=O) groups is 1. The minimum absolute atomic E-state index is 0.0394. The molecule has 1 atom stereocenters. The second kappa shape index (κ2) is 8.39. The second-order valence-corrected chi connectivity index (χ2v) is 4.81. The highest BCUT2D eigenvalue weighted by atomic mass is 32.1. The molecule has 0 radical (unpaired) electrons. The third-order valence-corrected chi connectivity index (χ3v) is 3.14. The van der Waals surface area contributed by atoms with Gasteiger partial charge in [0.25, 0.3) is 0 Å². The van der Waals surface area contributed by atoms with E-state index < -0.39 is 5.97 Å². The number of aromatic nitrogens is 1. The molecule has 4 nitrogen and oxygen atoms in total. The number of aliphatic carboxylic acids is 1. The minimum atomic E-state index is -0.829. The maximum Gasteiger partial charge on any atom is 0.310 e. The van der Waals surface area contributed by atoms with Gasteiger partial charge < -0.3 is 10.2 Å². The van der Waals surface area contributed by atoms with Crippen LogP contribution in [-0.2, 0) is 11.2 Å². The Morgan fingerprint density at radius 2 is 2.05 bits per heavy atom. The summed E-state index contributed by atoms with van der Waals surface area (Å²) in [5.74, 6) is -0.829. The van der Waals surface area contributed by atoms with Gasteiger partial charge in [-0.15, -0.1) is 11.3 Å². The van der Waals surface area contributed by atoms with Gasteiger partial charge in [0.2, 0.25) is 0 Å². The molecule has 0 aliphatic carbocycles. The fourth-order valence-corrected chi connectivity index (χ4v) is 1.99. The molecule has 0 saturated carbocycles. The number of nitrogens with zero attached hydrogens (tertiary/aromatic N) is 1. The van der Waals surface area contributed by atoms with E-state index in [0.29, 0.717) is 5.01 Å². The van der Waals surface area contributed by atoms with E-state index in [-0.39, 0.29) is 12.5 Å². The Morgan fingerprint density at radius 3 is 2.53 bits per heavy atom. The molecule has 0 saturated heterocycles. The zero-order valence-electron chi connectivity index (χ0n) is 10.7. The molecule has 1 aromatic heterocycles. The number of rotatable bonds is 4. The lowest BCUT2D eigenvalue weighted by molar-refractivity contribution is -0.136. The molecular formula is C14H17NO3S. The number of hydrogen-bond acceptors (Lipinski definition) is 4. The van der Waals surface area contributed by atoms with Crippen LogP contribution in [0.2, 0.25) is 0 Å². The van der Waals surface area contributed by atoms with E-state index in [1.165, 1.54) is 11.3 Å². The predicted octanol–water partition coefficient (Wildman–Crippen LogP) is 2.90. The Balaban J connectivity index is 0.000000191. The molecule has 0 aliphatic heterocycles. The SMILES string of the molecule is CCC(O)c1ccccc1.O=C(O)Cc1nccs1. The van der Waals surface area contributed by atoms with E-state index in [2.05, 4.69) is 4.98 Å². The van der Waals surface area contributed by atoms with E-state index in [1.807, 2.05) is 37.3 Å². The maximum atomic E-state index is 10.0. The zero-order chi connectivity index (χ0) is 14.1. The molecule has 0 amide bonds. The van der Waals surface area contributed by atoms with Crippen LogP contribution in [0, 0.1) is 0 Å². The number of carboxylic acid groups (broad SMARTS) is 1. The first-order valence-corrected chi connectivity index (χ1v) is 6.84. The number of benzene rings is 1. The van der Waals surface area contributed by atoms with Crippen LogP contribution in [0.3, 0.4) is 0 Å². The van der Waals surface area contributed by atoms with Crippen LogP contribution in [-0.4, -0.2) is 21.2 Å². The first kappa shape index (κ1) is 15.3. The lowest BCUT2D eigenvalue weighted by Gasteiger charge is -2.05. The Morgan fingerprint density at radius 1 is 1.37 bits per heavy atom. The first-order chi connectivity index (χ1) is 9.13. The molecule has 2 rings (SSSR count). The molecule has 1 heterocycles. The van der Waals surface area contributed by atoms with Gasteiger partial charge in [0.15, 0.2) is 0 Å². The quantitative estimate of drug-likeness (QED) is 0.902. The number of carboxylic acids is 1. The number of thiazole rings is 1. The highest BCUT2D eigenvalue weighted by Crippen LogP contribution is 2.14. The largest absolute Gasteiger partial charge is 0.481 e. The van der Waals surface area contributed by atoms with Crippen molar-refractivity contribution in [3.8, 4) is 0 Å². The third kappa shape index (κ3) is 6.13. The fourth-order valence-electron chi connectivity index (χ4n) is 1.38. The van der Waals surface area contributed by atoms with E-state index in [0.717, 1.165) is 12.0 Å². The summed E-state index contributed by atoms with van der Waals surface area (Å²) in [5, 5.41) is 20.0. The van der Waals surface area contributed by atoms with Gasteiger partial charge in [-0.2, -0.15) is 0 Å². The lowest BCUT2D eigenvalue weighted by Crippen LogP contribution is -1.98. The van der Waals surface area contributed by atoms with Gasteiger partial charge in [0, 0.05) is 11.6 Å². The van der Waals surface area contributed by atoms with E-state index >= 15 is 0 Å². The minimum Gasteiger partial charge on any atom is -0.481 e.